The van der Waals surface area contributed by atoms with Gasteiger partial charge in [-0.15, -0.1) is 0 Å². The summed E-state index contributed by atoms with van der Waals surface area (Å²) in [4.78, 5) is 16.9. The highest BCUT2D eigenvalue weighted by Gasteiger charge is 2.49. The number of aromatic nitrogens is 1. The number of thiazole rings is 1. The van der Waals surface area contributed by atoms with E-state index in [1.165, 1.54) is 17.8 Å². The van der Waals surface area contributed by atoms with Crippen molar-refractivity contribution in [1.29, 1.82) is 0 Å². The number of rotatable bonds is 2. The first-order valence-electron chi connectivity index (χ1n) is 7.14. The van der Waals surface area contributed by atoms with Crippen LogP contribution in [-0.4, -0.2) is 16.9 Å². The van der Waals surface area contributed by atoms with Gasteiger partial charge in [0.05, 0.1) is 16.1 Å². The smallest absolute Gasteiger partial charge is 0.231 e. The molecule has 104 valence electrons. The molecule has 0 radical (unpaired) electrons. The molecule has 2 aliphatic carbocycles. The highest BCUT2D eigenvalue weighted by atomic mass is 32.1. The first-order chi connectivity index (χ1) is 9.72. The van der Waals surface area contributed by atoms with Crippen molar-refractivity contribution in [2.24, 2.45) is 23.5 Å². The minimum Gasteiger partial charge on any atom is -0.327 e. The van der Waals surface area contributed by atoms with Crippen LogP contribution in [0.3, 0.4) is 0 Å². The number of hydrogen-bond acceptors (Lipinski definition) is 4. The van der Waals surface area contributed by atoms with Gasteiger partial charge in [0.25, 0.3) is 0 Å². The second-order valence-corrected chi connectivity index (χ2v) is 6.94. The van der Waals surface area contributed by atoms with E-state index in [2.05, 4.69) is 10.3 Å². The number of carbonyl (C=O) groups excluding carboxylic acids is 1. The number of nitrogens with two attached hydrogens (primary N) is 1. The predicted octanol–water partition coefficient (Wildman–Crippen LogP) is 2.61. The lowest BCUT2D eigenvalue weighted by molar-refractivity contribution is -0.121. The topological polar surface area (TPSA) is 68.0 Å². The summed E-state index contributed by atoms with van der Waals surface area (Å²) in [6, 6.07) is 7.96. The molecule has 1 amide bonds. The van der Waals surface area contributed by atoms with Crippen molar-refractivity contribution in [3.05, 3.63) is 24.3 Å². The summed E-state index contributed by atoms with van der Waals surface area (Å²) >= 11 is 1.52. The van der Waals surface area contributed by atoms with E-state index in [-0.39, 0.29) is 17.9 Å². The minimum atomic E-state index is -0.0271. The molecule has 5 heteroatoms. The van der Waals surface area contributed by atoms with Gasteiger partial charge in [0, 0.05) is 6.04 Å². The molecule has 2 aliphatic rings. The zero-order valence-electron chi connectivity index (χ0n) is 11.1. The third kappa shape index (κ3) is 1.84. The van der Waals surface area contributed by atoms with Gasteiger partial charge in [0.1, 0.15) is 0 Å². The van der Waals surface area contributed by atoms with Gasteiger partial charge in [-0.2, -0.15) is 0 Å². The molecular weight excluding hydrogens is 270 g/mol. The van der Waals surface area contributed by atoms with Crippen LogP contribution >= 0.6 is 11.3 Å². The van der Waals surface area contributed by atoms with Crippen LogP contribution in [0.25, 0.3) is 10.2 Å². The Hall–Kier alpha value is -1.46. The Morgan fingerprint density at radius 1 is 1.30 bits per heavy atom. The third-order valence-electron chi connectivity index (χ3n) is 4.81. The second-order valence-electron chi connectivity index (χ2n) is 5.91. The fraction of sp³-hybridized carbons (Fsp3) is 0.467. The molecule has 2 fully saturated rings. The van der Waals surface area contributed by atoms with E-state index in [1.54, 1.807) is 0 Å². The summed E-state index contributed by atoms with van der Waals surface area (Å²) in [5, 5.41) is 3.66. The van der Waals surface area contributed by atoms with E-state index < -0.39 is 0 Å². The maximum atomic E-state index is 12.5. The summed E-state index contributed by atoms with van der Waals surface area (Å²) in [5.41, 5.74) is 7.15. The summed E-state index contributed by atoms with van der Waals surface area (Å²) in [6.07, 6.45) is 3.46. The van der Waals surface area contributed by atoms with Gasteiger partial charge in [0.2, 0.25) is 5.91 Å². The van der Waals surface area contributed by atoms with E-state index in [0.29, 0.717) is 17.0 Å². The Bertz CT molecular complexity index is 633. The van der Waals surface area contributed by atoms with Gasteiger partial charge in [-0.3, -0.25) is 4.79 Å². The molecule has 2 bridgehead atoms. The van der Waals surface area contributed by atoms with E-state index in [0.717, 1.165) is 23.1 Å². The molecule has 4 atom stereocenters. The van der Waals surface area contributed by atoms with E-state index in [9.17, 15) is 4.79 Å². The maximum absolute atomic E-state index is 12.5. The number of nitrogens with one attached hydrogen (secondary N) is 1. The number of amides is 1. The van der Waals surface area contributed by atoms with Crippen LogP contribution in [0.15, 0.2) is 24.3 Å². The number of anilines is 1. The normalized spacial score (nSPS) is 31.9. The van der Waals surface area contributed by atoms with Gasteiger partial charge >= 0.3 is 0 Å². The van der Waals surface area contributed by atoms with Crippen LogP contribution in [-0.2, 0) is 4.79 Å². The van der Waals surface area contributed by atoms with Gasteiger partial charge in [-0.05, 0) is 43.2 Å². The molecule has 1 aromatic heterocycles. The summed E-state index contributed by atoms with van der Waals surface area (Å²) in [6.45, 7) is 0. The lowest BCUT2D eigenvalue weighted by atomic mass is 9.84. The summed E-state index contributed by atoms with van der Waals surface area (Å²) < 4.78 is 1.10. The molecule has 4 rings (SSSR count). The molecule has 0 aliphatic heterocycles. The molecule has 2 aromatic rings. The van der Waals surface area contributed by atoms with E-state index >= 15 is 0 Å². The van der Waals surface area contributed by atoms with E-state index in [4.69, 9.17) is 5.73 Å². The molecule has 0 saturated heterocycles. The van der Waals surface area contributed by atoms with Crippen molar-refractivity contribution in [2.75, 3.05) is 5.32 Å². The van der Waals surface area contributed by atoms with Gasteiger partial charge in [-0.1, -0.05) is 23.5 Å². The number of para-hydroxylation sites is 1. The highest BCUT2D eigenvalue weighted by Crippen LogP contribution is 2.48. The average molecular weight is 287 g/mol. The number of nitrogens with zero attached hydrogens (tertiary/aromatic N) is 1. The zero-order valence-corrected chi connectivity index (χ0v) is 11.9. The van der Waals surface area contributed by atoms with Crippen LogP contribution in [0.2, 0.25) is 0 Å². The lowest BCUT2D eigenvalue weighted by Gasteiger charge is -2.26. The molecular formula is C15H17N3OS. The predicted molar refractivity (Wildman–Crippen MR) is 80.5 cm³/mol. The maximum Gasteiger partial charge on any atom is 0.231 e. The Morgan fingerprint density at radius 3 is 2.85 bits per heavy atom. The highest BCUT2D eigenvalue weighted by molar-refractivity contribution is 7.22. The average Bonchev–Trinajstić information content (AvgIpc) is 3.10. The molecule has 3 N–H and O–H groups in total. The van der Waals surface area contributed by atoms with Gasteiger partial charge < -0.3 is 11.1 Å². The fourth-order valence-electron chi connectivity index (χ4n) is 3.84. The Balaban J connectivity index is 1.55. The monoisotopic (exact) mass is 287 g/mol. The molecule has 2 saturated carbocycles. The van der Waals surface area contributed by atoms with Gasteiger partial charge in [-0.25, -0.2) is 4.98 Å². The number of benzene rings is 1. The number of hydrogen-bond donors (Lipinski definition) is 2. The molecule has 4 nitrogen and oxygen atoms in total. The Kier molecular flexibility index (Phi) is 2.79. The third-order valence-corrected chi connectivity index (χ3v) is 5.76. The number of carbonyl (C=O) groups is 1. The first-order valence-corrected chi connectivity index (χ1v) is 7.96. The molecule has 20 heavy (non-hydrogen) atoms. The minimum absolute atomic E-state index is 0.0271. The standard InChI is InChI=1S/C15H17N3OS/c16-13-9-6-5-8(7-9)12(13)14(19)18-15-17-10-3-1-2-4-11(10)20-15/h1-4,8-9,12-13H,5-7,16H2,(H,17,18,19). The van der Waals surface area contributed by atoms with Gasteiger partial charge in [0.15, 0.2) is 5.13 Å². The van der Waals surface area contributed by atoms with E-state index in [1.807, 2.05) is 24.3 Å². The largest absolute Gasteiger partial charge is 0.327 e. The molecule has 1 aromatic carbocycles. The molecule has 0 spiro atoms. The summed E-state index contributed by atoms with van der Waals surface area (Å²) in [7, 11) is 0. The van der Waals surface area contributed by atoms with Crippen molar-refractivity contribution in [3.8, 4) is 0 Å². The Labute approximate surface area is 121 Å². The van der Waals surface area contributed by atoms with Crippen LogP contribution in [0, 0.1) is 17.8 Å². The van der Waals surface area contributed by atoms with Crippen molar-refractivity contribution in [1.82, 2.24) is 4.98 Å². The number of fused-ring (bicyclic) bond motifs is 3. The van der Waals surface area contributed by atoms with Crippen molar-refractivity contribution in [3.63, 3.8) is 0 Å². The molecule has 1 heterocycles. The lowest BCUT2D eigenvalue weighted by Crippen LogP contribution is -2.42. The Morgan fingerprint density at radius 2 is 2.10 bits per heavy atom. The summed E-state index contributed by atoms with van der Waals surface area (Å²) in [5.74, 6) is 1.06. The molecule has 4 unspecified atom stereocenters. The zero-order chi connectivity index (χ0) is 13.7. The van der Waals surface area contributed by atoms with Crippen LogP contribution in [0.5, 0.6) is 0 Å². The SMILES string of the molecule is NC1C2CCC(C2)C1C(=O)Nc1nc2ccccc2s1. The first kappa shape index (κ1) is 12.3. The quantitative estimate of drug-likeness (QED) is 0.892. The fourth-order valence-corrected chi connectivity index (χ4v) is 4.71. The van der Waals surface area contributed by atoms with Crippen LogP contribution in [0.1, 0.15) is 19.3 Å². The van der Waals surface area contributed by atoms with Crippen molar-refractivity contribution < 1.29 is 4.79 Å². The van der Waals surface area contributed by atoms with Crippen LogP contribution < -0.4 is 11.1 Å². The van der Waals surface area contributed by atoms with Crippen molar-refractivity contribution >= 4 is 32.6 Å². The second kappa shape index (κ2) is 4.53. The van der Waals surface area contributed by atoms with Crippen molar-refractivity contribution in [2.45, 2.75) is 25.3 Å². The van der Waals surface area contributed by atoms with Crippen LogP contribution in [0.4, 0.5) is 5.13 Å².